The third-order valence-corrected chi connectivity index (χ3v) is 8.21. The molecular weight excluding hydrogens is 588 g/mol. The van der Waals surface area contributed by atoms with Gasteiger partial charge in [0.1, 0.15) is 5.75 Å². The van der Waals surface area contributed by atoms with Gasteiger partial charge in [-0.3, -0.25) is 0 Å². The average molecular weight is 631 g/mol. The number of aliphatic hydroxyl groups excluding tert-OH is 2. The van der Waals surface area contributed by atoms with Gasteiger partial charge in [0.25, 0.3) is 10.0 Å². The predicted octanol–water partition coefficient (Wildman–Crippen LogP) is 3.97. The topological polar surface area (TPSA) is 155 Å². The van der Waals surface area contributed by atoms with Crippen molar-refractivity contribution < 1.29 is 42.8 Å². The summed E-state index contributed by atoms with van der Waals surface area (Å²) in [4.78, 5) is 16.8. The molecule has 0 bridgehead atoms. The molecule has 12 heteroatoms. The van der Waals surface area contributed by atoms with Gasteiger partial charge in [0.05, 0.1) is 43.1 Å². The standard InChI is InChI=1S/C32H42N2O9S/c1-25(36)43-34(44(39,40)30-12-5-4-6-13-30)29-11-9-10-26(20-29)24-42-19-18-41-17-8-3-2-7-16-33-22-32(38)27-14-15-31(37)28(21-27)23-35/h4-6,9-15,20-21,32-33,35,37-38H,2-3,7-8,16-19,22-24H2,1H3/t32-/m1/s1. The average Bonchev–Trinajstić information content (AvgIpc) is 3.02. The van der Waals surface area contributed by atoms with Crippen molar-refractivity contribution in [1.82, 2.24) is 5.32 Å². The molecule has 0 unspecified atom stereocenters. The number of carbonyl (C=O) groups excluding carboxylic acids is 1. The van der Waals surface area contributed by atoms with Gasteiger partial charge in [-0.05, 0) is 66.9 Å². The SMILES string of the molecule is CC(=O)ON(c1cccc(COCCOCCCCCCNC[C@@H](O)c2ccc(O)c(CO)c2)c1)S(=O)(=O)c1ccccc1. The normalized spacial score (nSPS) is 12.2. The highest BCUT2D eigenvalue weighted by Gasteiger charge is 2.28. The fourth-order valence-electron chi connectivity index (χ4n) is 4.32. The minimum atomic E-state index is -4.13. The molecule has 1 atom stereocenters. The molecule has 11 nitrogen and oxygen atoms in total. The summed E-state index contributed by atoms with van der Waals surface area (Å²) in [7, 11) is -4.13. The van der Waals surface area contributed by atoms with Crippen molar-refractivity contribution in [3.8, 4) is 5.75 Å². The number of nitrogens with zero attached hydrogens (tertiary/aromatic N) is 1. The number of rotatable bonds is 20. The Kier molecular flexibility index (Phi) is 14.6. The van der Waals surface area contributed by atoms with Crippen molar-refractivity contribution in [2.75, 3.05) is 37.4 Å². The molecule has 0 saturated carbocycles. The first kappa shape index (κ1) is 35.0. The summed E-state index contributed by atoms with van der Waals surface area (Å²) in [5.41, 5.74) is 1.93. The Bertz CT molecular complexity index is 1400. The summed E-state index contributed by atoms with van der Waals surface area (Å²) < 4.78 is 38.2. The lowest BCUT2D eigenvalue weighted by molar-refractivity contribution is -0.140. The number of ether oxygens (including phenoxy) is 2. The minimum absolute atomic E-state index is 0.00275. The van der Waals surface area contributed by atoms with E-state index in [9.17, 15) is 28.5 Å². The molecular formula is C32H42N2O9S. The summed E-state index contributed by atoms with van der Waals surface area (Å²) in [6.07, 6.45) is 3.21. The maximum absolute atomic E-state index is 13.1. The molecule has 0 aliphatic heterocycles. The summed E-state index contributed by atoms with van der Waals surface area (Å²) in [5, 5.41) is 32.4. The van der Waals surface area contributed by atoms with Crippen LogP contribution in [0.5, 0.6) is 5.75 Å². The minimum Gasteiger partial charge on any atom is -0.508 e. The second kappa shape index (κ2) is 18.3. The van der Waals surface area contributed by atoms with Crippen LogP contribution in [-0.4, -0.2) is 62.6 Å². The fourth-order valence-corrected chi connectivity index (χ4v) is 5.61. The third kappa shape index (κ3) is 11.2. The van der Waals surface area contributed by atoms with Gasteiger partial charge in [-0.15, -0.1) is 0 Å². The van der Waals surface area contributed by atoms with Gasteiger partial charge in [0.2, 0.25) is 0 Å². The van der Waals surface area contributed by atoms with E-state index in [1.165, 1.54) is 18.2 Å². The van der Waals surface area contributed by atoms with E-state index in [0.29, 0.717) is 47.5 Å². The van der Waals surface area contributed by atoms with E-state index in [-0.39, 0.29) is 29.5 Å². The molecule has 0 aliphatic rings. The lowest BCUT2D eigenvalue weighted by Crippen LogP contribution is -2.33. The first-order valence-electron chi connectivity index (χ1n) is 14.6. The van der Waals surface area contributed by atoms with Gasteiger partial charge in [-0.1, -0.05) is 53.7 Å². The molecule has 0 spiro atoms. The molecule has 0 aliphatic carbocycles. The highest BCUT2D eigenvalue weighted by Crippen LogP contribution is 2.26. The Morgan fingerprint density at radius 3 is 2.41 bits per heavy atom. The number of sulfonamides is 1. The number of aliphatic hydroxyl groups is 2. The molecule has 240 valence electrons. The maximum atomic E-state index is 13.1. The fraction of sp³-hybridized carbons (Fsp3) is 0.406. The third-order valence-electron chi connectivity index (χ3n) is 6.62. The van der Waals surface area contributed by atoms with Gasteiger partial charge < -0.3 is 34.9 Å². The molecule has 0 heterocycles. The largest absolute Gasteiger partial charge is 0.508 e. The number of aromatic hydroxyl groups is 1. The Labute approximate surface area is 259 Å². The van der Waals surface area contributed by atoms with Crippen LogP contribution in [0.25, 0.3) is 0 Å². The summed E-state index contributed by atoms with van der Waals surface area (Å²) in [6.45, 7) is 3.66. The van der Waals surface area contributed by atoms with Crippen molar-refractivity contribution in [2.24, 2.45) is 0 Å². The van der Waals surface area contributed by atoms with Crippen molar-refractivity contribution in [2.45, 2.75) is 56.8 Å². The number of hydrogen-bond donors (Lipinski definition) is 4. The number of unbranched alkanes of at least 4 members (excludes halogenated alkanes) is 3. The number of phenols is 1. The molecule has 44 heavy (non-hydrogen) atoms. The number of carbonyl (C=O) groups is 1. The molecule has 3 aromatic carbocycles. The van der Waals surface area contributed by atoms with Gasteiger partial charge in [0.15, 0.2) is 0 Å². The highest BCUT2D eigenvalue weighted by atomic mass is 32.2. The molecule has 4 N–H and O–H groups in total. The van der Waals surface area contributed by atoms with E-state index in [0.717, 1.165) is 39.2 Å². The van der Waals surface area contributed by atoms with E-state index in [2.05, 4.69) is 5.32 Å². The lowest BCUT2D eigenvalue weighted by atomic mass is 10.1. The first-order chi connectivity index (χ1) is 21.2. The van der Waals surface area contributed by atoms with E-state index in [1.807, 2.05) is 0 Å². The number of anilines is 1. The van der Waals surface area contributed by atoms with Gasteiger partial charge in [-0.2, -0.15) is 8.42 Å². The molecule has 0 aromatic heterocycles. The molecule has 3 aromatic rings. The summed E-state index contributed by atoms with van der Waals surface area (Å²) in [5.74, 6) is -0.749. The lowest BCUT2D eigenvalue weighted by Gasteiger charge is -2.22. The second-order valence-corrected chi connectivity index (χ2v) is 11.9. The summed E-state index contributed by atoms with van der Waals surface area (Å²) in [6, 6.07) is 19.1. The van der Waals surface area contributed by atoms with Gasteiger partial charge in [0, 0.05) is 25.6 Å². The molecule has 0 amide bonds. The number of hydrogen-bond acceptors (Lipinski definition) is 10. The van der Waals surface area contributed by atoms with E-state index >= 15 is 0 Å². The zero-order chi connectivity index (χ0) is 31.8. The van der Waals surface area contributed by atoms with Crippen LogP contribution in [0.1, 0.15) is 55.4 Å². The van der Waals surface area contributed by atoms with Crippen LogP contribution in [0, 0.1) is 0 Å². The van der Waals surface area contributed by atoms with Crippen molar-refractivity contribution >= 4 is 21.7 Å². The molecule has 0 saturated heterocycles. The van der Waals surface area contributed by atoms with Crippen LogP contribution in [0.3, 0.4) is 0 Å². The first-order valence-corrected chi connectivity index (χ1v) is 16.0. The Balaban J connectivity index is 1.28. The van der Waals surface area contributed by atoms with E-state index in [1.54, 1.807) is 54.6 Å². The molecule has 0 radical (unpaired) electrons. The van der Waals surface area contributed by atoms with E-state index < -0.39 is 22.1 Å². The Hall–Kier alpha value is -3.52. The van der Waals surface area contributed by atoms with Crippen LogP contribution in [-0.2, 0) is 42.3 Å². The predicted molar refractivity (Wildman–Crippen MR) is 165 cm³/mol. The van der Waals surface area contributed by atoms with Crippen LogP contribution in [0.15, 0.2) is 77.7 Å². The number of benzene rings is 3. The molecule has 3 rings (SSSR count). The van der Waals surface area contributed by atoms with Crippen molar-refractivity contribution in [3.63, 3.8) is 0 Å². The molecule has 0 fully saturated rings. The Morgan fingerprint density at radius 2 is 1.66 bits per heavy atom. The van der Waals surface area contributed by atoms with Crippen molar-refractivity contribution in [1.29, 1.82) is 0 Å². The van der Waals surface area contributed by atoms with Crippen LogP contribution in [0.2, 0.25) is 0 Å². The Morgan fingerprint density at radius 1 is 0.909 bits per heavy atom. The quantitative estimate of drug-likeness (QED) is 0.106. The zero-order valence-corrected chi connectivity index (χ0v) is 25.7. The van der Waals surface area contributed by atoms with Gasteiger partial charge >= 0.3 is 5.97 Å². The van der Waals surface area contributed by atoms with Crippen molar-refractivity contribution in [3.05, 3.63) is 89.5 Å². The van der Waals surface area contributed by atoms with Crippen LogP contribution < -0.4 is 9.79 Å². The highest BCUT2D eigenvalue weighted by molar-refractivity contribution is 7.92. The van der Waals surface area contributed by atoms with Crippen LogP contribution in [0.4, 0.5) is 5.69 Å². The van der Waals surface area contributed by atoms with Crippen LogP contribution >= 0.6 is 0 Å². The second-order valence-electron chi connectivity index (χ2n) is 10.1. The smallest absolute Gasteiger partial charge is 0.330 e. The van der Waals surface area contributed by atoms with E-state index in [4.69, 9.17) is 14.3 Å². The monoisotopic (exact) mass is 630 g/mol. The number of nitrogens with one attached hydrogen (secondary N) is 1. The summed E-state index contributed by atoms with van der Waals surface area (Å²) >= 11 is 0. The maximum Gasteiger partial charge on any atom is 0.330 e. The zero-order valence-electron chi connectivity index (χ0n) is 24.9. The van der Waals surface area contributed by atoms with Gasteiger partial charge in [-0.25, -0.2) is 4.79 Å².